The Morgan fingerprint density at radius 1 is 0.875 bits per heavy atom. The third-order valence-electron chi connectivity index (χ3n) is 5.17. The first kappa shape index (κ1) is 21.1. The van der Waals surface area contributed by atoms with Gasteiger partial charge in [0.25, 0.3) is 0 Å². The lowest BCUT2D eigenvalue weighted by Crippen LogP contribution is -2.30. The molecule has 0 aromatic heterocycles. The second kappa shape index (κ2) is 13.3. The molecule has 0 amide bonds. The van der Waals surface area contributed by atoms with E-state index in [2.05, 4.69) is 56.9 Å². The summed E-state index contributed by atoms with van der Waals surface area (Å²) in [5.41, 5.74) is 2.81. The number of nitrogens with zero attached hydrogens (tertiary/aromatic N) is 1. The smallest absolute Gasteiger partial charge is 0.0368 e. The van der Waals surface area contributed by atoms with E-state index in [9.17, 15) is 0 Å². The Bertz CT molecular complexity index is 412. The summed E-state index contributed by atoms with van der Waals surface area (Å²) >= 11 is 0. The molecular weight excluding hydrogens is 290 g/mol. The Kier molecular flexibility index (Phi) is 11.7. The molecule has 1 atom stereocenters. The molecule has 0 saturated heterocycles. The van der Waals surface area contributed by atoms with Crippen LogP contribution in [0.1, 0.15) is 90.5 Å². The van der Waals surface area contributed by atoms with E-state index in [1.165, 1.54) is 88.5 Å². The van der Waals surface area contributed by atoms with Gasteiger partial charge in [-0.05, 0) is 43.4 Å². The van der Waals surface area contributed by atoms with E-state index in [-0.39, 0.29) is 0 Å². The van der Waals surface area contributed by atoms with Gasteiger partial charge in [-0.1, -0.05) is 84.3 Å². The van der Waals surface area contributed by atoms with Crippen molar-refractivity contribution in [3.8, 4) is 0 Å². The molecule has 0 spiro atoms. The van der Waals surface area contributed by atoms with Gasteiger partial charge in [-0.2, -0.15) is 0 Å². The number of rotatable bonds is 14. The van der Waals surface area contributed by atoms with Crippen LogP contribution in [0.4, 0.5) is 5.69 Å². The highest BCUT2D eigenvalue weighted by Gasteiger charge is 2.13. The lowest BCUT2D eigenvalue weighted by molar-refractivity contribution is 0.442. The molecule has 0 aliphatic carbocycles. The van der Waals surface area contributed by atoms with Crippen molar-refractivity contribution < 1.29 is 0 Å². The van der Waals surface area contributed by atoms with Gasteiger partial charge in [-0.15, -0.1) is 0 Å². The minimum absolute atomic E-state index is 0.838. The van der Waals surface area contributed by atoms with E-state index >= 15 is 0 Å². The number of hydrogen-bond acceptors (Lipinski definition) is 1. The van der Waals surface area contributed by atoms with E-state index in [0.29, 0.717) is 0 Å². The number of anilines is 1. The second-order valence-corrected chi connectivity index (χ2v) is 7.47. The summed E-state index contributed by atoms with van der Waals surface area (Å²) in [4.78, 5) is 2.66. The van der Waals surface area contributed by atoms with Crippen LogP contribution in [0.5, 0.6) is 0 Å². The van der Waals surface area contributed by atoms with Crippen LogP contribution in [0.25, 0.3) is 0 Å². The molecular formula is C23H41N. The molecule has 0 aliphatic rings. The molecule has 1 rings (SSSR count). The van der Waals surface area contributed by atoms with Crippen LogP contribution in [-0.4, -0.2) is 13.1 Å². The van der Waals surface area contributed by atoms with Crippen molar-refractivity contribution in [2.45, 2.75) is 91.9 Å². The average Bonchev–Trinajstić information content (AvgIpc) is 2.59. The largest absolute Gasteiger partial charge is 0.371 e. The predicted molar refractivity (Wildman–Crippen MR) is 110 cm³/mol. The van der Waals surface area contributed by atoms with Crippen LogP contribution >= 0.6 is 0 Å². The van der Waals surface area contributed by atoms with Crippen molar-refractivity contribution in [1.29, 1.82) is 0 Å². The fraction of sp³-hybridized carbons (Fsp3) is 0.739. The lowest BCUT2D eigenvalue weighted by atomic mass is 9.98. The number of unbranched alkanes of at least 4 members (excludes halogenated alkanes) is 6. The molecule has 0 heterocycles. The first-order valence-electron chi connectivity index (χ1n) is 10.5. The standard InChI is InChI=1S/C23H41N/c1-5-8-10-11-12-13-18-24(20-22(7-3)16-9-6-2)23-17-14-15-21(4)19-23/h14-15,17,19,22H,5-13,16,18,20H2,1-4H3. The summed E-state index contributed by atoms with van der Waals surface area (Å²) in [5.74, 6) is 0.838. The number of benzene rings is 1. The van der Waals surface area contributed by atoms with E-state index in [4.69, 9.17) is 0 Å². The summed E-state index contributed by atoms with van der Waals surface area (Å²) in [6.45, 7) is 11.6. The molecule has 0 radical (unpaired) electrons. The Morgan fingerprint density at radius 2 is 1.58 bits per heavy atom. The average molecular weight is 332 g/mol. The molecule has 0 bridgehead atoms. The van der Waals surface area contributed by atoms with Gasteiger partial charge >= 0.3 is 0 Å². The highest BCUT2D eigenvalue weighted by molar-refractivity contribution is 5.48. The van der Waals surface area contributed by atoms with Gasteiger partial charge < -0.3 is 4.90 Å². The third-order valence-corrected chi connectivity index (χ3v) is 5.17. The lowest BCUT2D eigenvalue weighted by Gasteiger charge is -2.29. The summed E-state index contributed by atoms with van der Waals surface area (Å²) in [5, 5.41) is 0. The molecule has 138 valence electrons. The quantitative estimate of drug-likeness (QED) is 0.321. The van der Waals surface area contributed by atoms with Crippen LogP contribution in [0, 0.1) is 12.8 Å². The van der Waals surface area contributed by atoms with Crippen LogP contribution in [0.3, 0.4) is 0 Å². The van der Waals surface area contributed by atoms with Crippen molar-refractivity contribution in [2.24, 2.45) is 5.92 Å². The molecule has 24 heavy (non-hydrogen) atoms. The van der Waals surface area contributed by atoms with Crippen LogP contribution < -0.4 is 4.90 Å². The van der Waals surface area contributed by atoms with Gasteiger partial charge in [0, 0.05) is 18.8 Å². The zero-order valence-corrected chi connectivity index (χ0v) is 16.8. The van der Waals surface area contributed by atoms with Gasteiger partial charge in [0.05, 0.1) is 0 Å². The maximum atomic E-state index is 2.66. The fourth-order valence-electron chi connectivity index (χ4n) is 3.46. The van der Waals surface area contributed by atoms with Crippen LogP contribution in [0.15, 0.2) is 24.3 Å². The van der Waals surface area contributed by atoms with Crippen LogP contribution in [-0.2, 0) is 0 Å². The Hall–Kier alpha value is -0.980. The zero-order valence-electron chi connectivity index (χ0n) is 16.8. The fourth-order valence-corrected chi connectivity index (χ4v) is 3.46. The van der Waals surface area contributed by atoms with E-state index < -0.39 is 0 Å². The second-order valence-electron chi connectivity index (χ2n) is 7.47. The Labute approximate surface area is 151 Å². The summed E-state index contributed by atoms with van der Waals surface area (Å²) < 4.78 is 0. The topological polar surface area (TPSA) is 3.24 Å². The first-order chi connectivity index (χ1) is 11.7. The van der Waals surface area contributed by atoms with Crippen LogP contribution in [0.2, 0.25) is 0 Å². The third kappa shape index (κ3) is 8.76. The van der Waals surface area contributed by atoms with Gasteiger partial charge in [0.1, 0.15) is 0 Å². The number of aryl methyl sites for hydroxylation is 1. The Morgan fingerprint density at radius 3 is 2.25 bits per heavy atom. The molecule has 1 aromatic carbocycles. The van der Waals surface area contributed by atoms with Gasteiger partial charge in [-0.25, -0.2) is 0 Å². The van der Waals surface area contributed by atoms with E-state index in [1.807, 2.05) is 0 Å². The van der Waals surface area contributed by atoms with Gasteiger partial charge in [-0.3, -0.25) is 0 Å². The molecule has 1 aromatic rings. The minimum atomic E-state index is 0.838. The number of hydrogen-bond donors (Lipinski definition) is 0. The minimum Gasteiger partial charge on any atom is -0.371 e. The van der Waals surface area contributed by atoms with Crippen molar-refractivity contribution in [3.63, 3.8) is 0 Å². The maximum Gasteiger partial charge on any atom is 0.0368 e. The molecule has 1 heteroatoms. The van der Waals surface area contributed by atoms with E-state index in [0.717, 1.165) is 5.92 Å². The van der Waals surface area contributed by atoms with E-state index in [1.54, 1.807) is 0 Å². The molecule has 0 fully saturated rings. The molecule has 1 unspecified atom stereocenters. The SMILES string of the molecule is CCCCCCCCN(CC(CC)CCCC)c1cccc(C)c1. The van der Waals surface area contributed by atoms with Gasteiger partial charge in [0.2, 0.25) is 0 Å². The molecule has 0 aliphatic heterocycles. The molecule has 1 nitrogen and oxygen atoms in total. The Balaban J connectivity index is 2.58. The van der Waals surface area contributed by atoms with Crippen molar-refractivity contribution in [3.05, 3.63) is 29.8 Å². The monoisotopic (exact) mass is 331 g/mol. The molecule has 0 saturated carbocycles. The van der Waals surface area contributed by atoms with Crippen molar-refractivity contribution >= 4 is 5.69 Å². The zero-order chi connectivity index (χ0) is 17.6. The molecule has 0 N–H and O–H groups in total. The summed E-state index contributed by atoms with van der Waals surface area (Å²) in [6, 6.07) is 9.09. The normalized spacial score (nSPS) is 12.3. The first-order valence-corrected chi connectivity index (χ1v) is 10.5. The summed E-state index contributed by atoms with van der Waals surface area (Å²) in [6.07, 6.45) is 13.6. The highest BCUT2D eigenvalue weighted by Crippen LogP contribution is 2.22. The van der Waals surface area contributed by atoms with Crippen molar-refractivity contribution in [2.75, 3.05) is 18.0 Å². The predicted octanol–water partition coefficient (Wildman–Crippen LogP) is 7.38. The maximum absolute atomic E-state index is 2.66. The van der Waals surface area contributed by atoms with Gasteiger partial charge in [0.15, 0.2) is 0 Å². The van der Waals surface area contributed by atoms with Crippen molar-refractivity contribution in [1.82, 2.24) is 0 Å². The highest BCUT2D eigenvalue weighted by atomic mass is 15.1. The summed E-state index contributed by atoms with van der Waals surface area (Å²) in [7, 11) is 0.